The van der Waals surface area contributed by atoms with Gasteiger partial charge in [-0.15, -0.1) is 0 Å². The maximum absolute atomic E-state index is 5.34. The van der Waals surface area contributed by atoms with E-state index < -0.39 is 10.0 Å². The maximum atomic E-state index is 5.34. The Morgan fingerprint density at radius 2 is 1.85 bits per heavy atom. The van der Waals surface area contributed by atoms with Crippen LogP contribution in [0.15, 0.2) is 0 Å². The van der Waals surface area contributed by atoms with Crippen molar-refractivity contribution >= 4 is 10.0 Å². The highest BCUT2D eigenvalue weighted by molar-refractivity contribution is 6.17. The molecule has 0 aromatic heterocycles. The Morgan fingerprint density at radius 1 is 1.31 bits per heavy atom. The highest BCUT2D eigenvalue weighted by atomic mass is 28.3. The Kier molecular flexibility index (Phi) is 14.4. The van der Waals surface area contributed by atoms with E-state index in [0.717, 1.165) is 12.5 Å². The first-order chi connectivity index (χ1) is 5.85. The average Bonchev–Trinajstić information content (AvgIpc) is 2.00. The van der Waals surface area contributed by atoms with E-state index in [0.29, 0.717) is 0 Å². The SMILES string of the molecule is CO[SiH2]OC.N.NCCC1CCC1. The van der Waals surface area contributed by atoms with E-state index in [1.54, 1.807) is 14.2 Å². The van der Waals surface area contributed by atoms with E-state index in [4.69, 9.17) is 5.73 Å². The van der Waals surface area contributed by atoms with Crippen molar-refractivity contribution in [2.75, 3.05) is 20.8 Å². The van der Waals surface area contributed by atoms with Crippen LogP contribution in [-0.4, -0.2) is 30.8 Å². The summed E-state index contributed by atoms with van der Waals surface area (Å²) in [6.45, 7) is 0.894. The van der Waals surface area contributed by atoms with Gasteiger partial charge in [0.1, 0.15) is 0 Å². The summed E-state index contributed by atoms with van der Waals surface area (Å²) in [5.41, 5.74) is 5.34. The Hall–Kier alpha value is 0.0569. The van der Waals surface area contributed by atoms with Crippen LogP contribution in [0.5, 0.6) is 0 Å². The minimum Gasteiger partial charge on any atom is -0.402 e. The van der Waals surface area contributed by atoms with Gasteiger partial charge >= 0.3 is 10.0 Å². The molecule has 1 aliphatic carbocycles. The number of rotatable bonds is 4. The largest absolute Gasteiger partial charge is 0.402 e. The highest BCUT2D eigenvalue weighted by Gasteiger charge is 2.15. The molecule has 4 nitrogen and oxygen atoms in total. The lowest BCUT2D eigenvalue weighted by atomic mass is 9.83. The van der Waals surface area contributed by atoms with Crippen molar-refractivity contribution in [3.8, 4) is 0 Å². The second-order valence-electron chi connectivity index (χ2n) is 3.07. The summed E-state index contributed by atoms with van der Waals surface area (Å²) >= 11 is 0. The summed E-state index contributed by atoms with van der Waals surface area (Å²) < 4.78 is 9.22. The van der Waals surface area contributed by atoms with Gasteiger partial charge in [-0.25, -0.2) is 0 Å². The normalized spacial score (nSPS) is 15.0. The molecule has 0 bridgehead atoms. The molecule has 5 N–H and O–H groups in total. The second kappa shape index (κ2) is 12.1. The molecule has 1 fully saturated rings. The molecule has 0 aliphatic heterocycles. The van der Waals surface area contributed by atoms with Crippen LogP contribution in [-0.2, 0) is 8.85 Å². The van der Waals surface area contributed by atoms with Crippen LogP contribution >= 0.6 is 0 Å². The second-order valence-corrected chi connectivity index (χ2v) is 4.46. The van der Waals surface area contributed by atoms with Crippen molar-refractivity contribution in [2.45, 2.75) is 25.7 Å². The smallest absolute Gasteiger partial charge is 0.303 e. The lowest BCUT2D eigenvalue weighted by Crippen LogP contribution is -2.15. The van der Waals surface area contributed by atoms with Gasteiger partial charge in [-0.3, -0.25) is 0 Å². The molecule has 82 valence electrons. The molecule has 1 saturated carbocycles. The van der Waals surface area contributed by atoms with Gasteiger partial charge in [0.05, 0.1) is 0 Å². The first-order valence-electron chi connectivity index (χ1n) is 4.53. The summed E-state index contributed by atoms with van der Waals surface area (Å²) in [4.78, 5) is 0. The maximum Gasteiger partial charge on any atom is 0.303 e. The molecule has 0 atom stereocenters. The third kappa shape index (κ3) is 9.97. The predicted molar refractivity (Wildman–Crippen MR) is 58.6 cm³/mol. The molecule has 5 heteroatoms. The fourth-order valence-electron chi connectivity index (χ4n) is 1.14. The van der Waals surface area contributed by atoms with Crippen LogP contribution in [0.1, 0.15) is 25.7 Å². The topological polar surface area (TPSA) is 79.5 Å². The van der Waals surface area contributed by atoms with Crippen LogP contribution in [0.25, 0.3) is 0 Å². The Morgan fingerprint density at radius 3 is 1.92 bits per heavy atom. The molecule has 0 aromatic carbocycles. The minimum atomic E-state index is -0.568. The van der Waals surface area contributed by atoms with E-state index in [-0.39, 0.29) is 6.15 Å². The van der Waals surface area contributed by atoms with Crippen LogP contribution in [0.3, 0.4) is 0 Å². The quantitative estimate of drug-likeness (QED) is 0.662. The first-order valence-corrected chi connectivity index (χ1v) is 5.68. The van der Waals surface area contributed by atoms with Crippen molar-refractivity contribution in [2.24, 2.45) is 11.7 Å². The fraction of sp³-hybridized carbons (Fsp3) is 1.00. The van der Waals surface area contributed by atoms with Gasteiger partial charge in [-0.05, 0) is 18.9 Å². The molecule has 1 aliphatic rings. The van der Waals surface area contributed by atoms with E-state index in [1.165, 1.54) is 25.7 Å². The number of hydrogen-bond acceptors (Lipinski definition) is 4. The van der Waals surface area contributed by atoms with Crippen LogP contribution in [0, 0.1) is 5.92 Å². The van der Waals surface area contributed by atoms with E-state index in [1.807, 2.05) is 0 Å². The lowest BCUT2D eigenvalue weighted by molar-refractivity contribution is 0.300. The van der Waals surface area contributed by atoms with E-state index >= 15 is 0 Å². The van der Waals surface area contributed by atoms with Crippen molar-refractivity contribution in [1.29, 1.82) is 0 Å². The molecule has 0 heterocycles. The van der Waals surface area contributed by atoms with Crippen molar-refractivity contribution in [1.82, 2.24) is 6.15 Å². The van der Waals surface area contributed by atoms with Gasteiger partial charge < -0.3 is 20.7 Å². The van der Waals surface area contributed by atoms with E-state index in [9.17, 15) is 0 Å². The van der Waals surface area contributed by atoms with Gasteiger partial charge in [0.25, 0.3) is 0 Å². The molecule has 0 unspecified atom stereocenters. The van der Waals surface area contributed by atoms with Crippen LogP contribution in [0.2, 0.25) is 0 Å². The van der Waals surface area contributed by atoms with Gasteiger partial charge in [0, 0.05) is 14.2 Å². The standard InChI is InChI=1S/C6H13N.C2H8O2Si.H3N/c7-5-4-6-2-1-3-6;1-3-5-4-2;/h6H,1-5,7H2;5H2,1-2H3;1H3. The molecule has 0 spiro atoms. The molecular weight excluding hydrogens is 184 g/mol. The van der Waals surface area contributed by atoms with Gasteiger partial charge in [0.15, 0.2) is 0 Å². The fourth-order valence-corrected chi connectivity index (χ4v) is 1.37. The van der Waals surface area contributed by atoms with Crippen LogP contribution in [0.4, 0.5) is 0 Å². The molecule has 0 aromatic rings. The van der Waals surface area contributed by atoms with Gasteiger partial charge in [-0.2, -0.15) is 0 Å². The molecule has 1 rings (SSSR count). The number of hydrogen-bond donors (Lipinski definition) is 2. The Balaban J connectivity index is 0. The highest BCUT2D eigenvalue weighted by Crippen LogP contribution is 2.28. The Bertz CT molecular complexity index is 90.2. The summed E-state index contributed by atoms with van der Waals surface area (Å²) in [5.74, 6) is 1.00. The third-order valence-electron chi connectivity index (χ3n) is 2.04. The lowest BCUT2D eigenvalue weighted by Gasteiger charge is -2.23. The zero-order valence-corrected chi connectivity index (χ0v) is 10.3. The van der Waals surface area contributed by atoms with Crippen molar-refractivity contribution in [3.63, 3.8) is 0 Å². The third-order valence-corrected chi connectivity index (χ3v) is 2.51. The molecule has 0 saturated heterocycles. The molecule has 13 heavy (non-hydrogen) atoms. The van der Waals surface area contributed by atoms with E-state index in [2.05, 4.69) is 8.85 Å². The van der Waals surface area contributed by atoms with Gasteiger partial charge in [0.2, 0.25) is 0 Å². The van der Waals surface area contributed by atoms with Crippen molar-refractivity contribution < 1.29 is 8.85 Å². The summed E-state index contributed by atoms with van der Waals surface area (Å²) in [7, 11) is 2.73. The first kappa shape index (κ1) is 15.5. The molecular formula is C8H24N2O2Si. The zero-order chi connectivity index (χ0) is 9.23. The zero-order valence-electron chi connectivity index (χ0n) is 8.92. The number of nitrogens with two attached hydrogens (primary N) is 1. The Labute approximate surface area is 83.8 Å². The minimum absolute atomic E-state index is 0. The molecule has 0 radical (unpaired) electrons. The monoisotopic (exact) mass is 208 g/mol. The average molecular weight is 208 g/mol. The predicted octanol–water partition coefficient (Wildman–Crippen LogP) is 0.575. The summed E-state index contributed by atoms with van der Waals surface area (Å²) in [6.07, 6.45) is 5.60. The summed E-state index contributed by atoms with van der Waals surface area (Å²) in [6, 6.07) is 0. The van der Waals surface area contributed by atoms with Crippen molar-refractivity contribution in [3.05, 3.63) is 0 Å². The molecule has 0 amide bonds. The summed E-state index contributed by atoms with van der Waals surface area (Å²) in [5, 5.41) is 0. The van der Waals surface area contributed by atoms with Gasteiger partial charge in [-0.1, -0.05) is 19.3 Å². The van der Waals surface area contributed by atoms with Crippen LogP contribution < -0.4 is 11.9 Å².